The van der Waals surface area contributed by atoms with E-state index in [0.29, 0.717) is 0 Å². The van der Waals surface area contributed by atoms with Crippen LogP contribution in [0, 0.1) is 28.6 Å². The van der Waals surface area contributed by atoms with Crippen LogP contribution >= 0.6 is 0 Å². The summed E-state index contributed by atoms with van der Waals surface area (Å²) in [6.45, 7) is 0. The third kappa shape index (κ3) is 1.16. The first-order chi connectivity index (χ1) is 5.62. The molecule has 1 rings (SSSR count). The van der Waals surface area contributed by atoms with Crippen LogP contribution in [0.4, 0.5) is 0 Å². The molecule has 0 radical (unpaired) electrons. The highest BCUT2D eigenvalue weighted by molar-refractivity contribution is 5.35. The smallest absolute Gasteiger partial charge is 0.189 e. The van der Waals surface area contributed by atoms with Crippen LogP contribution in [0.5, 0.6) is 0 Å². The minimum Gasteiger partial charge on any atom is -0.508 e. The second-order valence-corrected chi connectivity index (χ2v) is 2.47. The number of allylic oxidation sites excluding steroid dienone is 1. The predicted molar refractivity (Wildman–Crippen MR) is 39.5 cm³/mol. The summed E-state index contributed by atoms with van der Waals surface area (Å²) in [4.78, 5) is 0. The number of aliphatic hydroxyl groups is 2. The van der Waals surface area contributed by atoms with E-state index in [2.05, 4.69) is 0 Å². The largest absolute Gasteiger partial charge is 0.508 e. The molecule has 0 saturated carbocycles. The number of aliphatic hydroxyl groups excluding tert-OH is 1. The minimum atomic E-state index is -1.80. The SMILES string of the molecule is N#CC1C=C(O)C=CC1(O)C#N. The van der Waals surface area contributed by atoms with Gasteiger partial charge in [-0.15, -0.1) is 0 Å². The summed E-state index contributed by atoms with van der Waals surface area (Å²) < 4.78 is 0. The van der Waals surface area contributed by atoms with Gasteiger partial charge < -0.3 is 10.2 Å². The Morgan fingerprint density at radius 2 is 2.17 bits per heavy atom. The first-order valence-corrected chi connectivity index (χ1v) is 3.25. The van der Waals surface area contributed by atoms with Crippen molar-refractivity contribution in [2.45, 2.75) is 5.60 Å². The fourth-order valence-corrected chi connectivity index (χ4v) is 0.912. The topological polar surface area (TPSA) is 88.0 Å². The molecular weight excluding hydrogens is 156 g/mol. The maximum Gasteiger partial charge on any atom is 0.189 e. The van der Waals surface area contributed by atoms with E-state index in [4.69, 9.17) is 15.6 Å². The highest BCUT2D eigenvalue weighted by atomic mass is 16.3. The number of hydrogen-bond donors (Lipinski definition) is 2. The molecule has 12 heavy (non-hydrogen) atoms. The minimum absolute atomic E-state index is 0.110. The van der Waals surface area contributed by atoms with E-state index in [-0.39, 0.29) is 5.76 Å². The molecule has 1 aliphatic rings. The standard InChI is InChI=1S/C8H6N2O2/c9-4-6-3-7(11)1-2-8(6,12)5-10/h1-3,6,11-12H. The zero-order chi connectivity index (χ0) is 9.19. The van der Waals surface area contributed by atoms with Gasteiger partial charge in [-0.25, -0.2) is 0 Å². The van der Waals surface area contributed by atoms with Crippen molar-refractivity contribution in [3.05, 3.63) is 24.0 Å². The quantitative estimate of drug-likeness (QED) is 0.504. The van der Waals surface area contributed by atoms with Crippen LogP contribution < -0.4 is 0 Å². The van der Waals surface area contributed by atoms with Crippen LogP contribution in [0.2, 0.25) is 0 Å². The summed E-state index contributed by atoms with van der Waals surface area (Å²) in [5.41, 5.74) is -1.80. The zero-order valence-electron chi connectivity index (χ0n) is 6.10. The molecule has 4 heteroatoms. The Balaban J connectivity index is 3.07. The molecule has 60 valence electrons. The molecular formula is C8H6N2O2. The Labute approximate surface area is 69.3 Å². The van der Waals surface area contributed by atoms with E-state index in [1.807, 2.05) is 0 Å². The molecule has 0 spiro atoms. The van der Waals surface area contributed by atoms with Gasteiger partial charge in [-0.05, 0) is 18.2 Å². The summed E-state index contributed by atoms with van der Waals surface area (Å²) in [5.74, 6) is -1.12. The second-order valence-electron chi connectivity index (χ2n) is 2.47. The fourth-order valence-electron chi connectivity index (χ4n) is 0.912. The third-order valence-corrected chi connectivity index (χ3v) is 1.64. The van der Waals surface area contributed by atoms with Gasteiger partial charge >= 0.3 is 0 Å². The van der Waals surface area contributed by atoms with E-state index >= 15 is 0 Å². The Morgan fingerprint density at radius 3 is 2.67 bits per heavy atom. The Hall–Kier alpha value is -1.78. The lowest BCUT2D eigenvalue weighted by Gasteiger charge is -2.21. The maximum atomic E-state index is 9.43. The highest BCUT2D eigenvalue weighted by Gasteiger charge is 2.35. The summed E-state index contributed by atoms with van der Waals surface area (Å²) in [5, 5.41) is 35.4. The first kappa shape index (κ1) is 8.32. The third-order valence-electron chi connectivity index (χ3n) is 1.64. The second kappa shape index (κ2) is 2.69. The Kier molecular flexibility index (Phi) is 1.86. The monoisotopic (exact) mass is 162 g/mol. The van der Waals surface area contributed by atoms with Crippen LogP contribution in [-0.2, 0) is 0 Å². The number of nitriles is 2. The van der Waals surface area contributed by atoms with Crippen LogP contribution in [-0.4, -0.2) is 15.8 Å². The number of nitrogens with zero attached hydrogens (tertiary/aromatic N) is 2. The summed E-state index contributed by atoms with van der Waals surface area (Å²) in [6.07, 6.45) is 3.44. The molecule has 0 saturated heterocycles. The van der Waals surface area contributed by atoms with Gasteiger partial charge in [0, 0.05) is 0 Å². The van der Waals surface area contributed by atoms with Gasteiger partial charge in [0.2, 0.25) is 0 Å². The summed E-state index contributed by atoms with van der Waals surface area (Å²) in [6, 6.07) is 3.31. The van der Waals surface area contributed by atoms with Crippen molar-refractivity contribution in [2.75, 3.05) is 0 Å². The van der Waals surface area contributed by atoms with Crippen molar-refractivity contribution in [2.24, 2.45) is 5.92 Å². The van der Waals surface area contributed by atoms with Crippen LogP contribution in [0.15, 0.2) is 24.0 Å². The molecule has 0 aromatic rings. The van der Waals surface area contributed by atoms with Gasteiger partial charge in [0.15, 0.2) is 5.60 Å². The van der Waals surface area contributed by atoms with Gasteiger partial charge in [-0.3, -0.25) is 0 Å². The normalized spacial score (nSPS) is 33.2. The average molecular weight is 162 g/mol. The van der Waals surface area contributed by atoms with E-state index < -0.39 is 11.5 Å². The fraction of sp³-hybridized carbons (Fsp3) is 0.250. The molecule has 0 amide bonds. The van der Waals surface area contributed by atoms with E-state index in [1.165, 1.54) is 6.08 Å². The Bertz CT molecular complexity index is 332. The van der Waals surface area contributed by atoms with Crippen LogP contribution in [0.3, 0.4) is 0 Å². The van der Waals surface area contributed by atoms with E-state index in [9.17, 15) is 5.11 Å². The lowest BCUT2D eigenvalue weighted by molar-refractivity contribution is 0.122. The van der Waals surface area contributed by atoms with Crippen molar-refractivity contribution in [1.82, 2.24) is 0 Å². The first-order valence-electron chi connectivity index (χ1n) is 3.25. The Morgan fingerprint density at radius 1 is 1.50 bits per heavy atom. The van der Waals surface area contributed by atoms with Gasteiger partial charge in [-0.1, -0.05) is 0 Å². The van der Waals surface area contributed by atoms with E-state index in [1.54, 1.807) is 12.1 Å². The molecule has 0 aliphatic heterocycles. The average Bonchev–Trinajstić information content (AvgIpc) is 2.09. The lowest BCUT2D eigenvalue weighted by atomic mass is 9.86. The van der Waals surface area contributed by atoms with Crippen molar-refractivity contribution in [3.8, 4) is 12.1 Å². The van der Waals surface area contributed by atoms with Gasteiger partial charge in [-0.2, -0.15) is 10.5 Å². The molecule has 2 atom stereocenters. The summed E-state index contributed by atoms with van der Waals surface area (Å²) >= 11 is 0. The van der Waals surface area contributed by atoms with Gasteiger partial charge in [0.1, 0.15) is 17.7 Å². The molecule has 0 fully saturated rings. The van der Waals surface area contributed by atoms with Crippen LogP contribution in [0.1, 0.15) is 0 Å². The maximum absolute atomic E-state index is 9.43. The molecule has 4 nitrogen and oxygen atoms in total. The number of rotatable bonds is 0. The van der Waals surface area contributed by atoms with Crippen molar-refractivity contribution in [1.29, 1.82) is 10.5 Å². The molecule has 2 unspecified atom stereocenters. The van der Waals surface area contributed by atoms with Gasteiger partial charge in [0.05, 0.1) is 6.07 Å². The van der Waals surface area contributed by atoms with Crippen molar-refractivity contribution >= 4 is 0 Å². The van der Waals surface area contributed by atoms with Crippen LogP contribution in [0.25, 0.3) is 0 Å². The van der Waals surface area contributed by atoms with Gasteiger partial charge in [0.25, 0.3) is 0 Å². The van der Waals surface area contributed by atoms with Crippen molar-refractivity contribution < 1.29 is 10.2 Å². The lowest BCUT2D eigenvalue weighted by Crippen LogP contribution is -2.34. The van der Waals surface area contributed by atoms with E-state index in [0.717, 1.165) is 12.2 Å². The highest BCUT2D eigenvalue weighted by Crippen LogP contribution is 2.25. The zero-order valence-corrected chi connectivity index (χ0v) is 6.10. The summed E-state index contributed by atoms with van der Waals surface area (Å²) in [7, 11) is 0. The molecule has 2 N–H and O–H groups in total. The molecule has 0 heterocycles. The predicted octanol–water partition coefficient (Wildman–Crippen LogP) is 0.393. The number of hydrogen-bond acceptors (Lipinski definition) is 4. The molecule has 0 aromatic heterocycles. The van der Waals surface area contributed by atoms with Crippen molar-refractivity contribution in [3.63, 3.8) is 0 Å². The molecule has 1 aliphatic carbocycles. The molecule has 0 aromatic carbocycles. The molecule has 0 bridgehead atoms.